The van der Waals surface area contributed by atoms with Gasteiger partial charge in [-0.3, -0.25) is 9.59 Å². The fourth-order valence-electron chi connectivity index (χ4n) is 2.19. The van der Waals surface area contributed by atoms with Gasteiger partial charge in [0.1, 0.15) is 16.7 Å². The van der Waals surface area contributed by atoms with Crippen molar-refractivity contribution < 1.29 is 19.5 Å². The van der Waals surface area contributed by atoms with E-state index in [0.29, 0.717) is 5.01 Å². The van der Waals surface area contributed by atoms with Gasteiger partial charge < -0.3 is 15.3 Å². The van der Waals surface area contributed by atoms with E-state index in [2.05, 4.69) is 10.3 Å². The fourth-order valence-corrected chi connectivity index (χ4v) is 2.99. The van der Waals surface area contributed by atoms with Crippen LogP contribution in [-0.2, 0) is 9.59 Å². The van der Waals surface area contributed by atoms with E-state index in [4.69, 9.17) is 0 Å². The van der Waals surface area contributed by atoms with Gasteiger partial charge >= 0.3 is 5.97 Å². The molecule has 0 saturated carbocycles. The van der Waals surface area contributed by atoms with Gasteiger partial charge in [-0.1, -0.05) is 30.3 Å². The van der Waals surface area contributed by atoms with Crippen molar-refractivity contribution in [2.24, 2.45) is 0 Å². The van der Waals surface area contributed by atoms with E-state index in [1.54, 1.807) is 5.38 Å². The van der Waals surface area contributed by atoms with Crippen LogP contribution in [0.25, 0.3) is 10.6 Å². The maximum atomic E-state index is 12.7. The van der Waals surface area contributed by atoms with E-state index in [-0.39, 0.29) is 24.7 Å². The number of rotatable bonds is 7. The van der Waals surface area contributed by atoms with Gasteiger partial charge in [-0.2, -0.15) is 0 Å². The number of aromatic nitrogens is 1. The first kappa shape index (κ1) is 18.6. The number of hydrogen-bond donors (Lipinski definition) is 2. The molecule has 0 radical (unpaired) electrons. The zero-order chi connectivity index (χ0) is 18.4. The lowest BCUT2D eigenvalue weighted by Crippen LogP contribution is -2.46. The van der Waals surface area contributed by atoms with Crippen LogP contribution >= 0.6 is 11.3 Å². The molecule has 25 heavy (non-hydrogen) atoms. The van der Waals surface area contributed by atoms with Crippen LogP contribution in [0.2, 0.25) is 0 Å². The predicted octanol–water partition coefficient (Wildman–Crippen LogP) is 1.86. The van der Waals surface area contributed by atoms with E-state index >= 15 is 0 Å². The predicted molar refractivity (Wildman–Crippen MR) is 94.4 cm³/mol. The number of nitrogens with one attached hydrogen (secondary N) is 1. The van der Waals surface area contributed by atoms with E-state index < -0.39 is 17.9 Å². The van der Waals surface area contributed by atoms with Crippen LogP contribution in [0.1, 0.15) is 24.3 Å². The van der Waals surface area contributed by atoms with Crippen LogP contribution in [-0.4, -0.2) is 51.9 Å². The number of benzene rings is 1. The topological polar surface area (TPSA) is 99.6 Å². The van der Waals surface area contributed by atoms with Crippen molar-refractivity contribution in [1.29, 1.82) is 0 Å². The van der Waals surface area contributed by atoms with E-state index in [1.165, 1.54) is 30.1 Å². The van der Waals surface area contributed by atoms with Gasteiger partial charge in [0.2, 0.25) is 5.91 Å². The summed E-state index contributed by atoms with van der Waals surface area (Å²) in [4.78, 5) is 40.5. The number of hydrogen-bond acceptors (Lipinski definition) is 5. The highest BCUT2D eigenvalue weighted by Gasteiger charge is 2.27. The average Bonchev–Trinajstić information content (AvgIpc) is 3.08. The normalized spacial score (nSPS) is 11.6. The molecule has 2 amide bonds. The lowest BCUT2D eigenvalue weighted by molar-refractivity contribution is -0.141. The number of carboxylic acids is 1. The summed E-state index contributed by atoms with van der Waals surface area (Å²) in [6, 6.07) is 8.41. The Bertz CT molecular complexity index is 760. The SMILES string of the molecule is CC(=O)NCCN(C(=O)c1csc(-c2ccccc2)n1)C(C)C(=O)O. The number of carbonyl (C=O) groups excluding carboxylic acids is 2. The number of aliphatic carboxylic acids is 1. The zero-order valence-electron chi connectivity index (χ0n) is 13.9. The summed E-state index contributed by atoms with van der Waals surface area (Å²) in [5, 5.41) is 14.1. The molecule has 0 spiro atoms. The molecule has 0 aliphatic rings. The molecule has 8 heteroatoms. The Kier molecular flexibility index (Phi) is 6.24. The summed E-state index contributed by atoms with van der Waals surface area (Å²) in [5.74, 6) is -1.83. The largest absolute Gasteiger partial charge is 0.480 e. The third-order valence-electron chi connectivity index (χ3n) is 3.56. The Balaban J connectivity index is 2.19. The number of carboxylic acid groups (broad SMARTS) is 1. The van der Waals surface area contributed by atoms with E-state index in [9.17, 15) is 19.5 Å². The Labute approximate surface area is 149 Å². The lowest BCUT2D eigenvalue weighted by atomic mass is 10.2. The van der Waals surface area contributed by atoms with E-state index in [0.717, 1.165) is 5.56 Å². The Morgan fingerprint density at radius 3 is 2.56 bits per heavy atom. The van der Waals surface area contributed by atoms with Crippen molar-refractivity contribution in [2.75, 3.05) is 13.1 Å². The molecule has 2 rings (SSSR count). The molecule has 2 aromatic rings. The molecule has 1 heterocycles. The summed E-state index contributed by atoms with van der Waals surface area (Å²) >= 11 is 1.32. The zero-order valence-corrected chi connectivity index (χ0v) is 14.7. The van der Waals surface area contributed by atoms with Crippen molar-refractivity contribution in [3.63, 3.8) is 0 Å². The molecule has 7 nitrogen and oxygen atoms in total. The van der Waals surface area contributed by atoms with Gasteiger partial charge in [0.05, 0.1) is 0 Å². The first-order valence-electron chi connectivity index (χ1n) is 7.69. The Morgan fingerprint density at radius 2 is 1.96 bits per heavy atom. The van der Waals surface area contributed by atoms with Gasteiger partial charge in [-0.05, 0) is 6.92 Å². The second kappa shape index (κ2) is 8.39. The van der Waals surface area contributed by atoms with Gasteiger partial charge in [0.15, 0.2) is 0 Å². The van der Waals surface area contributed by atoms with E-state index in [1.807, 2.05) is 30.3 Å². The van der Waals surface area contributed by atoms with Crippen LogP contribution in [0, 0.1) is 0 Å². The molecule has 0 bridgehead atoms. The number of amides is 2. The monoisotopic (exact) mass is 361 g/mol. The van der Waals surface area contributed by atoms with Gasteiger partial charge in [-0.25, -0.2) is 9.78 Å². The molecule has 0 aliphatic heterocycles. The molecule has 1 unspecified atom stereocenters. The number of carbonyl (C=O) groups is 3. The Morgan fingerprint density at radius 1 is 1.28 bits per heavy atom. The summed E-state index contributed by atoms with van der Waals surface area (Å²) in [5.41, 5.74) is 1.09. The minimum Gasteiger partial charge on any atom is -0.480 e. The average molecular weight is 361 g/mol. The molecule has 0 saturated heterocycles. The second-order valence-electron chi connectivity index (χ2n) is 5.40. The van der Waals surface area contributed by atoms with Crippen molar-refractivity contribution in [3.05, 3.63) is 41.4 Å². The third kappa shape index (κ3) is 4.87. The smallest absolute Gasteiger partial charge is 0.326 e. The molecular weight excluding hydrogens is 342 g/mol. The van der Waals surface area contributed by atoms with Crippen molar-refractivity contribution in [2.45, 2.75) is 19.9 Å². The van der Waals surface area contributed by atoms with Crippen LogP contribution in [0.5, 0.6) is 0 Å². The summed E-state index contributed by atoms with van der Waals surface area (Å²) < 4.78 is 0. The molecule has 132 valence electrons. The van der Waals surface area contributed by atoms with Crippen LogP contribution < -0.4 is 5.32 Å². The van der Waals surface area contributed by atoms with Gasteiger partial charge in [0.25, 0.3) is 5.91 Å². The van der Waals surface area contributed by atoms with Gasteiger partial charge in [-0.15, -0.1) is 11.3 Å². The Hall–Kier alpha value is -2.74. The molecule has 0 aliphatic carbocycles. The number of thiazole rings is 1. The van der Waals surface area contributed by atoms with Gasteiger partial charge in [0, 0.05) is 31.0 Å². The molecule has 1 aromatic heterocycles. The highest BCUT2D eigenvalue weighted by atomic mass is 32.1. The fraction of sp³-hybridized carbons (Fsp3) is 0.294. The highest BCUT2D eigenvalue weighted by Crippen LogP contribution is 2.24. The molecule has 1 atom stereocenters. The van der Waals surface area contributed by atoms with Crippen LogP contribution in [0.4, 0.5) is 0 Å². The van der Waals surface area contributed by atoms with Crippen LogP contribution in [0.3, 0.4) is 0 Å². The second-order valence-corrected chi connectivity index (χ2v) is 6.26. The first-order chi connectivity index (χ1) is 11.9. The highest BCUT2D eigenvalue weighted by molar-refractivity contribution is 7.13. The van der Waals surface area contributed by atoms with Crippen LogP contribution in [0.15, 0.2) is 35.7 Å². The first-order valence-corrected chi connectivity index (χ1v) is 8.57. The molecule has 2 N–H and O–H groups in total. The summed E-state index contributed by atoms with van der Waals surface area (Å²) in [6.07, 6.45) is 0. The van der Waals surface area contributed by atoms with Crippen molar-refractivity contribution >= 4 is 29.1 Å². The minimum absolute atomic E-state index is 0.0874. The quantitative estimate of drug-likeness (QED) is 0.784. The lowest BCUT2D eigenvalue weighted by Gasteiger charge is -2.25. The maximum absolute atomic E-state index is 12.7. The molecular formula is C17H19N3O4S. The number of nitrogens with zero attached hydrogens (tertiary/aromatic N) is 2. The standard InChI is InChI=1S/C17H19N3O4S/c1-11(17(23)24)20(9-8-18-12(2)21)16(22)14-10-25-15(19-14)13-6-4-3-5-7-13/h3-7,10-11H,8-9H2,1-2H3,(H,18,21)(H,23,24). The molecule has 1 aromatic carbocycles. The third-order valence-corrected chi connectivity index (χ3v) is 4.45. The van der Waals surface area contributed by atoms with Crippen molar-refractivity contribution in [1.82, 2.24) is 15.2 Å². The summed E-state index contributed by atoms with van der Waals surface area (Å²) in [7, 11) is 0. The molecule has 0 fully saturated rings. The summed E-state index contributed by atoms with van der Waals surface area (Å²) in [6.45, 7) is 3.05. The maximum Gasteiger partial charge on any atom is 0.326 e. The minimum atomic E-state index is -1.12. The van der Waals surface area contributed by atoms with Crippen molar-refractivity contribution in [3.8, 4) is 10.6 Å².